The molecule has 0 spiro atoms. The van der Waals surface area contributed by atoms with Crippen molar-refractivity contribution >= 4 is 11.9 Å². The minimum Gasteiger partial charge on any atom is -0.458 e. The highest BCUT2D eigenvalue weighted by Crippen LogP contribution is 2.29. The molecule has 0 amide bonds. The lowest BCUT2D eigenvalue weighted by molar-refractivity contribution is -0.150. The second-order valence-electron chi connectivity index (χ2n) is 6.79. The summed E-state index contributed by atoms with van der Waals surface area (Å²) in [4.78, 5) is 23.0. The molecule has 1 aliphatic heterocycles. The van der Waals surface area contributed by atoms with E-state index in [4.69, 9.17) is 9.47 Å². The molecule has 0 bridgehead atoms. The van der Waals surface area contributed by atoms with Crippen LogP contribution in [0, 0.1) is 5.92 Å². The first-order chi connectivity index (χ1) is 11.1. The molecule has 4 heteroatoms. The Kier molecular flexibility index (Phi) is 9.97. The van der Waals surface area contributed by atoms with Crippen LogP contribution in [0.4, 0.5) is 0 Å². The summed E-state index contributed by atoms with van der Waals surface area (Å²) in [6.07, 6.45) is 12.8. The smallest absolute Gasteiger partial charge is 0.313 e. The predicted molar refractivity (Wildman–Crippen MR) is 91.1 cm³/mol. The van der Waals surface area contributed by atoms with Crippen molar-refractivity contribution < 1.29 is 19.1 Å². The van der Waals surface area contributed by atoms with E-state index < -0.39 is 6.10 Å². The fourth-order valence-electron chi connectivity index (χ4n) is 3.30. The summed E-state index contributed by atoms with van der Waals surface area (Å²) in [5.74, 6) is -0.823. The van der Waals surface area contributed by atoms with Crippen LogP contribution < -0.4 is 0 Å². The van der Waals surface area contributed by atoms with Crippen molar-refractivity contribution in [3.05, 3.63) is 0 Å². The summed E-state index contributed by atoms with van der Waals surface area (Å²) < 4.78 is 10.5. The highest BCUT2D eigenvalue weighted by atomic mass is 16.6. The average Bonchev–Trinajstić information content (AvgIpc) is 2.75. The van der Waals surface area contributed by atoms with Crippen LogP contribution in [0.1, 0.15) is 91.4 Å². The zero-order valence-corrected chi connectivity index (χ0v) is 15.1. The molecule has 1 saturated heterocycles. The number of esters is 2. The van der Waals surface area contributed by atoms with Gasteiger partial charge in [0.25, 0.3) is 0 Å². The second-order valence-corrected chi connectivity index (χ2v) is 6.79. The molecule has 1 heterocycles. The Morgan fingerprint density at radius 2 is 1.52 bits per heavy atom. The quantitative estimate of drug-likeness (QED) is 0.382. The Balaban J connectivity index is 2.09. The first kappa shape index (κ1) is 20.0. The minimum atomic E-state index is -0.404. The number of ether oxygens (including phenoxy) is 2. The van der Waals surface area contributed by atoms with Crippen LogP contribution in [0.3, 0.4) is 0 Å². The standard InChI is InChI=1S/C19H34O4/c1-4-5-6-7-8-9-10-11-12-13-14-17-18(23-16(3)20)15(2)22-19(17)21/h15,17-18H,4-14H2,1-3H3/t15-,17+,18+/m1/s1. The van der Waals surface area contributed by atoms with E-state index in [-0.39, 0.29) is 24.0 Å². The summed E-state index contributed by atoms with van der Waals surface area (Å²) in [6, 6.07) is 0. The normalized spacial score (nSPS) is 23.8. The molecule has 134 valence electrons. The Bertz CT molecular complexity index is 353. The van der Waals surface area contributed by atoms with Crippen molar-refractivity contribution in [3.8, 4) is 0 Å². The lowest BCUT2D eigenvalue weighted by Gasteiger charge is -2.18. The maximum Gasteiger partial charge on any atom is 0.313 e. The molecule has 1 aliphatic rings. The van der Waals surface area contributed by atoms with Gasteiger partial charge >= 0.3 is 11.9 Å². The van der Waals surface area contributed by atoms with Gasteiger partial charge in [0.05, 0.1) is 5.92 Å². The number of carbonyl (C=O) groups is 2. The van der Waals surface area contributed by atoms with Crippen LogP contribution >= 0.6 is 0 Å². The lowest BCUT2D eigenvalue weighted by atomic mass is 9.94. The van der Waals surface area contributed by atoms with Crippen LogP contribution in [0.15, 0.2) is 0 Å². The molecule has 4 nitrogen and oxygen atoms in total. The van der Waals surface area contributed by atoms with E-state index in [0.717, 1.165) is 19.3 Å². The first-order valence-electron chi connectivity index (χ1n) is 9.44. The summed E-state index contributed by atoms with van der Waals surface area (Å²) >= 11 is 0. The van der Waals surface area contributed by atoms with Gasteiger partial charge in [0.2, 0.25) is 0 Å². The molecule has 0 radical (unpaired) electrons. The molecule has 1 rings (SSSR count). The number of rotatable bonds is 12. The summed E-state index contributed by atoms with van der Waals surface area (Å²) in [5.41, 5.74) is 0. The van der Waals surface area contributed by atoms with E-state index in [1.165, 1.54) is 58.3 Å². The number of carbonyl (C=O) groups excluding carboxylic acids is 2. The van der Waals surface area contributed by atoms with Gasteiger partial charge in [-0.05, 0) is 13.3 Å². The zero-order valence-electron chi connectivity index (χ0n) is 15.1. The SMILES string of the molecule is CCCCCCCCCCCC[C@@H]1C(=O)O[C@H](C)[C@@H]1OC(C)=O. The fourth-order valence-corrected chi connectivity index (χ4v) is 3.30. The third-order valence-corrected chi connectivity index (χ3v) is 4.63. The fraction of sp³-hybridized carbons (Fsp3) is 0.895. The predicted octanol–water partition coefficient (Wildman–Crippen LogP) is 4.79. The summed E-state index contributed by atoms with van der Waals surface area (Å²) in [6.45, 7) is 5.42. The Labute approximate surface area is 141 Å². The van der Waals surface area contributed by atoms with Gasteiger partial charge in [-0.2, -0.15) is 0 Å². The van der Waals surface area contributed by atoms with E-state index in [0.29, 0.717) is 0 Å². The van der Waals surface area contributed by atoms with Crippen molar-refractivity contribution in [2.75, 3.05) is 0 Å². The van der Waals surface area contributed by atoms with Gasteiger partial charge in [0.1, 0.15) is 6.10 Å². The van der Waals surface area contributed by atoms with Gasteiger partial charge in [-0.3, -0.25) is 9.59 Å². The van der Waals surface area contributed by atoms with Crippen LogP contribution in [0.2, 0.25) is 0 Å². The number of cyclic esters (lactones) is 1. The van der Waals surface area contributed by atoms with E-state index >= 15 is 0 Å². The topological polar surface area (TPSA) is 52.6 Å². The largest absolute Gasteiger partial charge is 0.458 e. The van der Waals surface area contributed by atoms with Gasteiger partial charge < -0.3 is 9.47 Å². The van der Waals surface area contributed by atoms with Gasteiger partial charge in [-0.25, -0.2) is 0 Å². The second kappa shape index (κ2) is 11.5. The Hall–Kier alpha value is -1.06. The molecule has 3 atom stereocenters. The van der Waals surface area contributed by atoms with Gasteiger partial charge in [-0.15, -0.1) is 0 Å². The van der Waals surface area contributed by atoms with Gasteiger partial charge in [0, 0.05) is 6.92 Å². The Morgan fingerprint density at radius 3 is 2.04 bits per heavy atom. The molecule has 0 aliphatic carbocycles. The number of hydrogen-bond acceptors (Lipinski definition) is 4. The summed E-state index contributed by atoms with van der Waals surface area (Å²) in [7, 11) is 0. The van der Waals surface area contributed by atoms with Crippen LogP contribution in [0.25, 0.3) is 0 Å². The minimum absolute atomic E-state index is 0.209. The van der Waals surface area contributed by atoms with Gasteiger partial charge in [0.15, 0.2) is 6.10 Å². The van der Waals surface area contributed by atoms with Crippen molar-refractivity contribution in [2.24, 2.45) is 5.92 Å². The maximum absolute atomic E-state index is 11.9. The molecule has 0 saturated carbocycles. The zero-order chi connectivity index (χ0) is 17.1. The third kappa shape index (κ3) is 7.85. The van der Waals surface area contributed by atoms with E-state index in [1.54, 1.807) is 6.92 Å². The average molecular weight is 326 g/mol. The van der Waals surface area contributed by atoms with Gasteiger partial charge in [-0.1, -0.05) is 71.1 Å². The molecule has 0 N–H and O–H groups in total. The Morgan fingerprint density at radius 1 is 1.00 bits per heavy atom. The first-order valence-corrected chi connectivity index (χ1v) is 9.44. The van der Waals surface area contributed by atoms with Crippen LogP contribution in [-0.4, -0.2) is 24.1 Å². The highest BCUT2D eigenvalue weighted by molar-refractivity contribution is 5.76. The van der Waals surface area contributed by atoms with E-state index in [1.807, 2.05) is 0 Å². The molecule has 0 aromatic heterocycles. The molecular weight excluding hydrogens is 292 g/mol. The molecular formula is C19H34O4. The van der Waals surface area contributed by atoms with Crippen molar-refractivity contribution in [1.82, 2.24) is 0 Å². The van der Waals surface area contributed by atoms with Crippen LogP contribution in [0.5, 0.6) is 0 Å². The third-order valence-electron chi connectivity index (χ3n) is 4.63. The summed E-state index contributed by atoms with van der Waals surface area (Å²) in [5, 5.41) is 0. The number of unbranched alkanes of at least 4 members (excludes halogenated alkanes) is 9. The number of hydrogen-bond donors (Lipinski definition) is 0. The van der Waals surface area contributed by atoms with E-state index in [2.05, 4.69) is 6.92 Å². The molecule has 0 aromatic rings. The van der Waals surface area contributed by atoms with E-state index in [9.17, 15) is 9.59 Å². The highest BCUT2D eigenvalue weighted by Gasteiger charge is 2.44. The molecule has 0 aromatic carbocycles. The monoisotopic (exact) mass is 326 g/mol. The van der Waals surface area contributed by atoms with Crippen LogP contribution in [-0.2, 0) is 19.1 Å². The van der Waals surface area contributed by atoms with Crippen molar-refractivity contribution in [2.45, 2.75) is 104 Å². The lowest BCUT2D eigenvalue weighted by Crippen LogP contribution is -2.30. The molecule has 23 heavy (non-hydrogen) atoms. The van der Waals surface area contributed by atoms with Crippen molar-refractivity contribution in [1.29, 1.82) is 0 Å². The molecule has 0 unspecified atom stereocenters. The molecule has 1 fully saturated rings. The maximum atomic E-state index is 11.9. The van der Waals surface area contributed by atoms with Crippen molar-refractivity contribution in [3.63, 3.8) is 0 Å².